The molecule has 1 N–H and O–H groups in total. The maximum absolute atomic E-state index is 5.93. The van der Waals surface area contributed by atoms with Crippen LogP contribution in [0.15, 0.2) is 47.8 Å². The van der Waals surface area contributed by atoms with Gasteiger partial charge in [0, 0.05) is 16.1 Å². The predicted molar refractivity (Wildman–Crippen MR) is 103 cm³/mol. The number of anilines is 2. The van der Waals surface area contributed by atoms with Crippen molar-refractivity contribution in [3.63, 3.8) is 0 Å². The molecule has 4 aromatic rings. The van der Waals surface area contributed by atoms with Gasteiger partial charge < -0.3 is 5.32 Å². The monoisotopic (exact) mass is 369 g/mol. The lowest BCUT2D eigenvalue weighted by Gasteiger charge is -2.02. The highest BCUT2D eigenvalue weighted by atomic mass is 35.5. The molecule has 5 nitrogen and oxygen atoms in total. The van der Waals surface area contributed by atoms with Gasteiger partial charge in [0.25, 0.3) is 0 Å². The predicted octanol–water partition coefficient (Wildman–Crippen LogP) is 5.40. The van der Waals surface area contributed by atoms with E-state index in [1.807, 2.05) is 42.5 Å². The van der Waals surface area contributed by atoms with E-state index in [0.29, 0.717) is 10.9 Å². The highest BCUT2D eigenvalue weighted by Gasteiger charge is 2.08. The van der Waals surface area contributed by atoms with Crippen molar-refractivity contribution in [2.45, 2.75) is 19.8 Å². The van der Waals surface area contributed by atoms with Crippen molar-refractivity contribution >= 4 is 44.8 Å². The summed E-state index contributed by atoms with van der Waals surface area (Å²) in [5, 5.41) is 16.1. The van der Waals surface area contributed by atoms with Crippen LogP contribution in [0.2, 0.25) is 5.02 Å². The maximum Gasteiger partial charge on any atom is 0.187 e. The molecule has 0 atom stereocenters. The molecule has 0 spiro atoms. The summed E-state index contributed by atoms with van der Waals surface area (Å²) < 4.78 is 0. The normalized spacial score (nSPS) is 11.4. The van der Waals surface area contributed by atoms with E-state index < -0.39 is 0 Å². The van der Waals surface area contributed by atoms with Gasteiger partial charge in [-0.25, -0.2) is 4.98 Å². The van der Waals surface area contributed by atoms with Gasteiger partial charge in [0.05, 0.1) is 11.4 Å². The molecule has 2 aromatic carbocycles. The number of rotatable bonds is 4. The molecule has 0 saturated carbocycles. The van der Waals surface area contributed by atoms with Crippen molar-refractivity contribution in [1.82, 2.24) is 20.0 Å². The molecular weight excluding hydrogens is 354 g/mol. The Kier molecular flexibility index (Phi) is 4.15. The first kappa shape index (κ1) is 16.1. The number of nitrogens with one attached hydrogen (secondary N) is 1. The van der Waals surface area contributed by atoms with Crippen LogP contribution in [0.1, 0.15) is 25.5 Å². The van der Waals surface area contributed by atoms with Crippen molar-refractivity contribution in [2.24, 2.45) is 0 Å². The zero-order chi connectivity index (χ0) is 17.4. The lowest BCUT2D eigenvalue weighted by atomic mass is 10.2. The molecule has 25 heavy (non-hydrogen) atoms. The molecule has 0 aliphatic rings. The SMILES string of the molecule is CC(C)c1csc(Nc2ccc3nn(-c4ccc(Cl)cc4)nc3c2)n1. The molecule has 7 heteroatoms. The molecule has 0 fully saturated rings. The number of aromatic nitrogens is 4. The van der Waals surface area contributed by atoms with Gasteiger partial charge in [-0.3, -0.25) is 0 Å². The third-order valence-electron chi connectivity index (χ3n) is 3.80. The Hall–Kier alpha value is -2.44. The molecule has 0 aliphatic carbocycles. The molecule has 2 aromatic heterocycles. The Morgan fingerprint density at radius 2 is 1.80 bits per heavy atom. The molecule has 0 amide bonds. The molecule has 4 rings (SSSR count). The van der Waals surface area contributed by atoms with E-state index in [1.54, 1.807) is 16.1 Å². The second kappa shape index (κ2) is 6.46. The van der Waals surface area contributed by atoms with Gasteiger partial charge >= 0.3 is 0 Å². The van der Waals surface area contributed by atoms with Crippen LogP contribution in [0, 0.1) is 0 Å². The van der Waals surface area contributed by atoms with Gasteiger partial charge in [0.15, 0.2) is 5.13 Å². The number of thiazole rings is 1. The van der Waals surface area contributed by atoms with Gasteiger partial charge in [0.2, 0.25) is 0 Å². The second-order valence-electron chi connectivity index (χ2n) is 6.03. The van der Waals surface area contributed by atoms with Gasteiger partial charge in [-0.05, 0) is 48.4 Å². The Bertz CT molecular complexity index is 1020. The average molecular weight is 370 g/mol. The number of nitrogens with zero attached hydrogens (tertiary/aromatic N) is 4. The van der Waals surface area contributed by atoms with Crippen LogP contribution < -0.4 is 5.32 Å². The highest BCUT2D eigenvalue weighted by Crippen LogP contribution is 2.26. The van der Waals surface area contributed by atoms with Gasteiger partial charge in [-0.1, -0.05) is 25.4 Å². The largest absolute Gasteiger partial charge is 0.331 e. The molecule has 0 unspecified atom stereocenters. The van der Waals surface area contributed by atoms with Gasteiger partial charge in [-0.15, -0.1) is 21.5 Å². The van der Waals surface area contributed by atoms with E-state index in [-0.39, 0.29) is 0 Å². The van der Waals surface area contributed by atoms with E-state index in [2.05, 4.69) is 39.7 Å². The van der Waals surface area contributed by atoms with Crippen LogP contribution >= 0.6 is 22.9 Å². The van der Waals surface area contributed by atoms with Crippen LogP contribution in [-0.2, 0) is 0 Å². The Morgan fingerprint density at radius 3 is 2.52 bits per heavy atom. The zero-order valence-corrected chi connectivity index (χ0v) is 15.3. The van der Waals surface area contributed by atoms with Crippen LogP contribution in [0.3, 0.4) is 0 Å². The number of halogens is 1. The summed E-state index contributed by atoms with van der Waals surface area (Å²) in [5.74, 6) is 0.425. The lowest BCUT2D eigenvalue weighted by Crippen LogP contribution is -1.97. The maximum atomic E-state index is 5.93. The minimum atomic E-state index is 0.425. The van der Waals surface area contributed by atoms with Crippen molar-refractivity contribution in [1.29, 1.82) is 0 Å². The van der Waals surface area contributed by atoms with Crippen molar-refractivity contribution < 1.29 is 0 Å². The minimum absolute atomic E-state index is 0.425. The molecule has 0 radical (unpaired) electrons. The fraction of sp³-hybridized carbons (Fsp3) is 0.167. The fourth-order valence-electron chi connectivity index (χ4n) is 2.41. The molecule has 2 heterocycles. The van der Waals surface area contributed by atoms with Gasteiger partial charge in [-0.2, -0.15) is 4.80 Å². The van der Waals surface area contributed by atoms with Crippen LogP contribution in [0.25, 0.3) is 16.7 Å². The summed E-state index contributed by atoms with van der Waals surface area (Å²) in [6.07, 6.45) is 0. The topological polar surface area (TPSA) is 55.6 Å². The first-order valence-corrected chi connectivity index (χ1v) is 9.20. The number of benzene rings is 2. The van der Waals surface area contributed by atoms with E-state index in [0.717, 1.165) is 33.2 Å². The van der Waals surface area contributed by atoms with Crippen molar-refractivity contribution in [3.8, 4) is 5.69 Å². The summed E-state index contributed by atoms with van der Waals surface area (Å²) in [7, 11) is 0. The van der Waals surface area contributed by atoms with E-state index in [1.165, 1.54) is 0 Å². The summed E-state index contributed by atoms with van der Waals surface area (Å²) in [6, 6.07) is 13.4. The lowest BCUT2D eigenvalue weighted by molar-refractivity contribution is 0.766. The fourth-order valence-corrected chi connectivity index (χ4v) is 3.43. The standard InChI is InChI=1S/C18H16ClN5S/c1-11(2)17-10-25-18(21-17)20-13-5-8-15-16(9-13)23-24(22-15)14-6-3-12(19)4-7-14/h3-11H,1-2H3,(H,20,21). The summed E-state index contributed by atoms with van der Waals surface area (Å²) >= 11 is 7.54. The second-order valence-corrected chi connectivity index (χ2v) is 7.32. The molecule has 0 saturated heterocycles. The first-order valence-electron chi connectivity index (χ1n) is 7.94. The van der Waals surface area contributed by atoms with Crippen LogP contribution in [-0.4, -0.2) is 20.0 Å². The Labute approximate surface area is 154 Å². The number of fused-ring (bicyclic) bond motifs is 1. The Morgan fingerprint density at radius 1 is 1.04 bits per heavy atom. The van der Waals surface area contributed by atoms with E-state index >= 15 is 0 Å². The molecule has 126 valence electrons. The van der Waals surface area contributed by atoms with Gasteiger partial charge in [0.1, 0.15) is 11.0 Å². The quantitative estimate of drug-likeness (QED) is 0.523. The molecule has 0 bridgehead atoms. The van der Waals surface area contributed by atoms with E-state index in [4.69, 9.17) is 11.6 Å². The first-order chi connectivity index (χ1) is 12.1. The minimum Gasteiger partial charge on any atom is -0.331 e. The smallest absolute Gasteiger partial charge is 0.187 e. The summed E-state index contributed by atoms with van der Waals surface area (Å²) in [5.41, 5.74) is 4.57. The Balaban J connectivity index is 1.62. The average Bonchev–Trinajstić information content (AvgIpc) is 3.22. The molecule has 0 aliphatic heterocycles. The highest BCUT2D eigenvalue weighted by molar-refractivity contribution is 7.13. The molecular formula is C18H16ClN5S. The van der Waals surface area contributed by atoms with Crippen LogP contribution in [0.5, 0.6) is 0 Å². The zero-order valence-electron chi connectivity index (χ0n) is 13.8. The summed E-state index contributed by atoms with van der Waals surface area (Å²) in [4.78, 5) is 6.22. The van der Waals surface area contributed by atoms with Crippen LogP contribution in [0.4, 0.5) is 10.8 Å². The third-order valence-corrected chi connectivity index (χ3v) is 4.83. The number of hydrogen-bond donors (Lipinski definition) is 1. The number of hydrogen-bond acceptors (Lipinski definition) is 5. The third kappa shape index (κ3) is 3.36. The van der Waals surface area contributed by atoms with E-state index in [9.17, 15) is 0 Å². The summed E-state index contributed by atoms with van der Waals surface area (Å²) in [6.45, 7) is 4.28. The van der Waals surface area contributed by atoms with Crippen molar-refractivity contribution in [3.05, 3.63) is 58.6 Å². The van der Waals surface area contributed by atoms with Crippen molar-refractivity contribution in [2.75, 3.05) is 5.32 Å².